The van der Waals surface area contributed by atoms with E-state index in [0.717, 1.165) is 24.8 Å². The molecular formula is C25H29F2N3O3. The van der Waals surface area contributed by atoms with Crippen LogP contribution in [0.3, 0.4) is 0 Å². The maximum atomic E-state index is 12.5. The van der Waals surface area contributed by atoms with E-state index >= 15 is 0 Å². The Morgan fingerprint density at radius 2 is 1.91 bits per heavy atom. The number of imidazole rings is 1. The third kappa shape index (κ3) is 5.10. The number of esters is 1. The topological polar surface area (TPSA) is 65.4 Å². The van der Waals surface area contributed by atoms with Crippen LogP contribution in [0.25, 0.3) is 11.0 Å². The molecule has 3 aromatic rings. The van der Waals surface area contributed by atoms with Crippen LogP contribution in [0.5, 0.6) is 5.75 Å². The lowest BCUT2D eigenvalue weighted by Crippen LogP contribution is -2.29. The van der Waals surface area contributed by atoms with E-state index in [1.54, 1.807) is 24.3 Å². The van der Waals surface area contributed by atoms with Crippen LogP contribution in [0, 0.1) is 11.3 Å². The first-order valence-corrected chi connectivity index (χ1v) is 11.1. The summed E-state index contributed by atoms with van der Waals surface area (Å²) >= 11 is 0. The standard InChI is InChI=1S/C25H29F2N3O3/c1-15-11-18(14-25(2,3)13-15)30-21-10-5-16(22(31)32-4)12-20(21)29-24(30)28-17-6-8-19(9-7-17)33-23(26)27/h5-10,12,15,18,23H,11,13-14H2,1-4H3,(H,28,29)/t15-,18+/m0/s1. The van der Waals surface area contributed by atoms with Gasteiger partial charge >= 0.3 is 12.6 Å². The van der Waals surface area contributed by atoms with Crippen molar-refractivity contribution in [3.8, 4) is 5.75 Å². The minimum atomic E-state index is -2.87. The highest BCUT2D eigenvalue weighted by Crippen LogP contribution is 2.46. The van der Waals surface area contributed by atoms with Gasteiger partial charge in [0.1, 0.15) is 5.75 Å². The number of alkyl halides is 2. The molecule has 4 rings (SSSR count). The molecule has 6 nitrogen and oxygen atoms in total. The van der Waals surface area contributed by atoms with Crippen LogP contribution in [0.2, 0.25) is 0 Å². The molecule has 1 fully saturated rings. The van der Waals surface area contributed by atoms with Gasteiger partial charge in [-0.15, -0.1) is 0 Å². The summed E-state index contributed by atoms with van der Waals surface area (Å²) in [6.45, 7) is 3.99. The Balaban J connectivity index is 1.75. The number of methoxy groups -OCH3 is 1. The summed E-state index contributed by atoms with van der Waals surface area (Å²) in [4.78, 5) is 16.8. The maximum Gasteiger partial charge on any atom is 0.387 e. The van der Waals surface area contributed by atoms with Crippen molar-refractivity contribution in [3.63, 3.8) is 0 Å². The first kappa shape index (κ1) is 23.0. The minimum Gasteiger partial charge on any atom is -0.465 e. The van der Waals surface area contributed by atoms with Gasteiger partial charge in [0.15, 0.2) is 0 Å². The molecule has 2 aromatic carbocycles. The van der Waals surface area contributed by atoms with Gasteiger partial charge in [-0.3, -0.25) is 0 Å². The van der Waals surface area contributed by atoms with Crippen molar-refractivity contribution in [2.24, 2.45) is 11.3 Å². The number of hydrogen-bond donors (Lipinski definition) is 1. The fraction of sp³-hybridized carbons (Fsp3) is 0.440. The molecule has 0 amide bonds. The number of rotatable bonds is 6. The maximum absolute atomic E-state index is 12.5. The molecule has 0 spiro atoms. The summed E-state index contributed by atoms with van der Waals surface area (Å²) in [6.07, 6.45) is 3.18. The Bertz CT molecular complexity index is 1140. The van der Waals surface area contributed by atoms with Gasteiger partial charge in [0, 0.05) is 11.7 Å². The average Bonchev–Trinajstić information content (AvgIpc) is 3.09. The quantitative estimate of drug-likeness (QED) is 0.425. The number of nitrogens with zero attached hydrogens (tertiary/aromatic N) is 2. The Labute approximate surface area is 191 Å². The van der Waals surface area contributed by atoms with E-state index in [4.69, 9.17) is 9.72 Å². The van der Waals surface area contributed by atoms with Crippen LogP contribution in [0.4, 0.5) is 20.4 Å². The summed E-state index contributed by atoms with van der Waals surface area (Å²) < 4.78 is 36.4. The molecule has 1 aliphatic rings. The van der Waals surface area contributed by atoms with Crippen LogP contribution < -0.4 is 10.1 Å². The van der Waals surface area contributed by atoms with E-state index in [0.29, 0.717) is 28.6 Å². The lowest BCUT2D eigenvalue weighted by molar-refractivity contribution is -0.0498. The van der Waals surface area contributed by atoms with Crippen LogP contribution >= 0.6 is 0 Å². The summed E-state index contributed by atoms with van der Waals surface area (Å²) in [5, 5.41) is 3.34. The van der Waals surface area contributed by atoms with Crippen LogP contribution in [-0.2, 0) is 4.74 Å². The fourth-order valence-corrected chi connectivity index (χ4v) is 5.14. The zero-order valence-corrected chi connectivity index (χ0v) is 19.3. The van der Waals surface area contributed by atoms with Crippen molar-refractivity contribution < 1.29 is 23.0 Å². The molecule has 0 unspecified atom stereocenters. The predicted octanol–water partition coefficient (Wildman–Crippen LogP) is 6.56. The number of carbonyl (C=O) groups is 1. The van der Waals surface area contributed by atoms with Gasteiger partial charge in [0.05, 0.1) is 23.7 Å². The summed E-state index contributed by atoms with van der Waals surface area (Å²) in [6, 6.07) is 12.0. The number of aromatic nitrogens is 2. The van der Waals surface area contributed by atoms with E-state index in [2.05, 4.69) is 35.4 Å². The molecule has 0 saturated heterocycles. The molecule has 1 aliphatic carbocycles. The second-order valence-electron chi connectivity index (χ2n) is 9.60. The molecule has 176 valence electrons. The number of hydrogen-bond acceptors (Lipinski definition) is 5. The van der Waals surface area contributed by atoms with Crippen molar-refractivity contribution in [1.82, 2.24) is 9.55 Å². The minimum absolute atomic E-state index is 0.0922. The number of ether oxygens (including phenoxy) is 2. The highest BCUT2D eigenvalue weighted by atomic mass is 19.3. The van der Waals surface area contributed by atoms with E-state index in [9.17, 15) is 13.6 Å². The van der Waals surface area contributed by atoms with Crippen LogP contribution in [0.15, 0.2) is 42.5 Å². The van der Waals surface area contributed by atoms with Crippen LogP contribution in [0.1, 0.15) is 56.4 Å². The van der Waals surface area contributed by atoms with Gasteiger partial charge in [0.25, 0.3) is 0 Å². The number of nitrogens with one attached hydrogen (secondary N) is 1. The molecular weight excluding hydrogens is 428 g/mol. The zero-order valence-electron chi connectivity index (χ0n) is 19.3. The summed E-state index contributed by atoms with van der Waals surface area (Å²) in [5.41, 5.74) is 2.94. The van der Waals surface area contributed by atoms with Gasteiger partial charge in [-0.2, -0.15) is 8.78 Å². The third-order valence-electron chi connectivity index (χ3n) is 6.18. The molecule has 0 aliphatic heterocycles. The first-order valence-electron chi connectivity index (χ1n) is 11.1. The van der Waals surface area contributed by atoms with Gasteiger partial charge in [0.2, 0.25) is 5.95 Å². The third-order valence-corrected chi connectivity index (χ3v) is 6.18. The van der Waals surface area contributed by atoms with Crippen molar-refractivity contribution >= 4 is 28.6 Å². The number of benzene rings is 2. The summed E-state index contributed by atoms with van der Waals surface area (Å²) in [5.74, 6) is 0.881. The van der Waals surface area contributed by atoms with Gasteiger partial charge in [-0.05, 0) is 73.1 Å². The lowest BCUT2D eigenvalue weighted by Gasteiger charge is -2.40. The average molecular weight is 458 g/mol. The van der Waals surface area contributed by atoms with E-state index < -0.39 is 12.6 Å². The second kappa shape index (κ2) is 9.00. The number of anilines is 2. The largest absolute Gasteiger partial charge is 0.465 e. The normalized spacial score (nSPS) is 20.1. The zero-order chi connectivity index (χ0) is 23.8. The van der Waals surface area contributed by atoms with E-state index in [1.807, 2.05) is 6.07 Å². The Hall–Kier alpha value is -3.16. The van der Waals surface area contributed by atoms with Crippen molar-refractivity contribution in [2.75, 3.05) is 12.4 Å². The predicted molar refractivity (Wildman–Crippen MR) is 123 cm³/mol. The van der Waals surface area contributed by atoms with E-state index in [1.165, 1.54) is 19.2 Å². The van der Waals surface area contributed by atoms with E-state index in [-0.39, 0.29) is 17.2 Å². The lowest BCUT2D eigenvalue weighted by atomic mass is 9.70. The highest BCUT2D eigenvalue weighted by Gasteiger charge is 2.34. The fourth-order valence-electron chi connectivity index (χ4n) is 5.14. The molecule has 1 N–H and O–H groups in total. The molecule has 33 heavy (non-hydrogen) atoms. The van der Waals surface area contributed by atoms with Crippen molar-refractivity contribution in [1.29, 1.82) is 0 Å². The molecule has 0 radical (unpaired) electrons. The van der Waals surface area contributed by atoms with Crippen LogP contribution in [-0.4, -0.2) is 29.2 Å². The van der Waals surface area contributed by atoms with Gasteiger partial charge < -0.3 is 19.4 Å². The monoisotopic (exact) mass is 457 g/mol. The molecule has 8 heteroatoms. The number of carbonyl (C=O) groups excluding carboxylic acids is 1. The van der Waals surface area contributed by atoms with Crippen molar-refractivity contribution in [3.05, 3.63) is 48.0 Å². The molecule has 0 bridgehead atoms. The highest BCUT2D eigenvalue weighted by molar-refractivity contribution is 5.94. The van der Waals surface area contributed by atoms with Crippen molar-refractivity contribution in [2.45, 2.75) is 52.7 Å². The molecule has 2 atom stereocenters. The summed E-state index contributed by atoms with van der Waals surface area (Å²) in [7, 11) is 1.35. The molecule has 1 saturated carbocycles. The SMILES string of the molecule is COC(=O)c1ccc2c(c1)nc(Nc1ccc(OC(F)F)cc1)n2[C@@H]1C[C@H](C)CC(C)(C)C1. The Morgan fingerprint density at radius 3 is 2.55 bits per heavy atom. The van der Waals surface area contributed by atoms with Gasteiger partial charge in [-0.1, -0.05) is 20.8 Å². The molecule has 1 heterocycles. The Kier molecular flexibility index (Phi) is 6.28. The first-order chi connectivity index (χ1) is 15.6. The number of halogens is 2. The Morgan fingerprint density at radius 1 is 1.18 bits per heavy atom. The molecule has 1 aromatic heterocycles. The number of fused-ring (bicyclic) bond motifs is 1. The van der Waals surface area contributed by atoms with Gasteiger partial charge in [-0.25, -0.2) is 9.78 Å². The smallest absolute Gasteiger partial charge is 0.387 e. The second-order valence-corrected chi connectivity index (χ2v) is 9.60.